The Balaban J connectivity index is 1.67. The predicted octanol–water partition coefficient (Wildman–Crippen LogP) is 2.49. The minimum atomic E-state index is -0.518. The molecule has 0 aliphatic carbocycles. The van der Waals surface area contributed by atoms with Gasteiger partial charge in [0.05, 0.1) is 29.5 Å². The van der Waals surface area contributed by atoms with Crippen molar-refractivity contribution >= 4 is 23.4 Å². The van der Waals surface area contributed by atoms with E-state index in [1.54, 1.807) is 30.4 Å². The Kier molecular flexibility index (Phi) is 5.95. The SMILES string of the molecule is Cc1cncc(C(=O)Nc2cnccc2N2CCN(C(=O)OC(C)(C)C)CC2)n1. The second-order valence-corrected chi connectivity index (χ2v) is 7.85. The average Bonchev–Trinajstić information content (AvgIpc) is 2.67. The van der Waals surface area contributed by atoms with E-state index < -0.39 is 5.60 Å². The van der Waals surface area contributed by atoms with Crippen LogP contribution in [0.2, 0.25) is 0 Å². The van der Waals surface area contributed by atoms with Crippen molar-refractivity contribution in [3.05, 3.63) is 42.2 Å². The maximum absolute atomic E-state index is 12.5. The molecule has 1 N–H and O–H groups in total. The number of hydrogen-bond acceptors (Lipinski definition) is 7. The van der Waals surface area contributed by atoms with Gasteiger partial charge >= 0.3 is 6.09 Å². The van der Waals surface area contributed by atoms with Gasteiger partial charge in [-0.2, -0.15) is 0 Å². The lowest BCUT2D eigenvalue weighted by Crippen LogP contribution is -2.50. The molecule has 0 spiro atoms. The van der Waals surface area contributed by atoms with Gasteiger partial charge < -0.3 is 19.9 Å². The Morgan fingerprint density at radius 3 is 2.45 bits per heavy atom. The molecule has 0 aromatic carbocycles. The minimum Gasteiger partial charge on any atom is -0.444 e. The van der Waals surface area contributed by atoms with Gasteiger partial charge in [0.15, 0.2) is 0 Å². The third-order valence-corrected chi connectivity index (χ3v) is 4.31. The maximum Gasteiger partial charge on any atom is 0.410 e. The molecule has 1 aliphatic heterocycles. The normalized spacial score (nSPS) is 14.5. The van der Waals surface area contributed by atoms with Crippen molar-refractivity contribution in [2.24, 2.45) is 0 Å². The van der Waals surface area contributed by atoms with Gasteiger partial charge in [-0.15, -0.1) is 0 Å². The first-order chi connectivity index (χ1) is 13.7. The highest BCUT2D eigenvalue weighted by molar-refractivity contribution is 6.04. The number of aromatic nitrogens is 3. The number of rotatable bonds is 3. The van der Waals surface area contributed by atoms with Crippen LogP contribution in [0.3, 0.4) is 0 Å². The third kappa shape index (κ3) is 5.40. The van der Waals surface area contributed by atoms with Crippen LogP contribution in [0.4, 0.5) is 16.2 Å². The number of ether oxygens (including phenoxy) is 1. The summed E-state index contributed by atoms with van der Waals surface area (Å²) in [4.78, 5) is 41.0. The monoisotopic (exact) mass is 398 g/mol. The first kappa shape index (κ1) is 20.5. The minimum absolute atomic E-state index is 0.245. The molecule has 3 heterocycles. The number of hydrogen-bond donors (Lipinski definition) is 1. The molecular weight excluding hydrogens is 372 g/mol. The third-order valence-electron chi connectivity index (χ3n) is 4.31. The zero-order valence-corrected chi connectivity index (χ0v) is 17.2. The van der Waals surface area contributed by atoms with Crippen molar-refractivity contribution in [2.45, 2.75) is 33.3 Å². The van der Waals surface area contributed by atoms with Gasteiger partial charge in [0.1, 0.15) is 11.3 Å². The molecule has 29 heavy (non-hydrogen) atoms. The van der Waals surface area contributed by atoms with Crippen molar-refractivity contribution in [1.82, 2.24) is 19.9 Å². The number of pyridine rings is 1. The Labute approximate surface area is 170 Å². The number of aryl methyl sites for hydroxylation is 1. The summed E-state index contributed by atoms with van der Waals surface area (Å²) in [5.41, 5.74) is 1.83. The molecule has 3 rings (SSSR count). The highest BCUT2D eigenvalue weighted by Crippen LogP contribution is 2.26. The predicted molar refractivity (Wildman–Crippen MR) is 109 cm³/mol. The topological polar surface area (TPSA) is 101 Å². The second kappa shape index (κ2) is 8.42. The van der Waals surface area contributed by atoms with E-state index in [0.29, 0.717) is 37.6 Å². The quantitative estimate of drug-likeness (QED) is 0.848. The van der Waals surface area contributed by atoms with Gasteiger partial charge in [0.25, 0.3) is 5.91 Å². The van der Waals surface area contributed by atoms with Crippen molar-refractivity contribution in [1.29, 1.82) is 0 Å². The molecule has 2 aromatic rings. The van der Waals surface area contributed by atoms with E-state index in [-0.39, 0.29) is 17.7 Å². The molecule has 9 heteroatoms. The van der Waals surface area contributed by atoms with E-state index in [1.807, 2.05) is 26.8 Å². The van der Waals surface area contributed by atoms with Crippen molar-refractivity contribution in [2.75, 3.05) is 36.4 Å². The first-order valence-electron chi connectivity index (χ1n) is 9.50. The van der Waals surface area contributed by atoms with Crippen LogP contribution in [-0.4, -0.2) is 63.6 Å². The van der Waals surface area contributed by atoms with Gasteiger partial charge in [0.2, 0.25) is 0 Å². The molecular formula is C20H26N6O3. The molecule has 2 amide bonds. The summed E-state index contributed by atoms with van der Waals surface area (Å²) in [5.74, 6) is -0.345. The summed E-state index contributed by atoms with van der Waals surface area (Å²) >= 11 is 0. The molecule has 1 saturated heterocycles. The second-order valence-electron chi connectivity index (χ2n) is 7.85. The average molecular weight is 398 g/mol. The van der Waals surface area contributed by atoms with Gasteiger partial charge in [-0.3, -0.25) is 14.8 Å². The maximum atomic E-state index is 12.5. The summed E-state index contributed by atoms with van der Waals surface area (Å²) in [6, 6.07) is 1.85. The van der Waals surface area contributed by atoms with Gasteiger partial charge in [-0.25, -0.2) is 9.78 Å². The van der Waals surface area contributed by atoms with E-state index in [0.717, 1.165) is 5.69 Å². The molecule has 9 nitrogen and oxygen atoms in total. The van der Waals surface area contributed by atoms with Crippen LogP contribution in [0.5, 0.6) is 0 Å². The molecule has 154 valence electrons. The molecule has 0 bridgehead atoms. The van der Waals surface area contributed by atoms with Gasteiger partial charge in [-0.05, 0) is 33.8 Å². The molecule has 0 radical (unpaired) electrons. The number of anilines is 2. The summed E-state index contributed by atoms with van der Waals surface area (Å²) in [6.45, 7) is 9.65. The zero-order valence-electron chi connectivity index (χ0n) is 17.2. The number of carbonyl (C=O) groups excluding carboxylic acids is 2. The summed E-state index contributed by atoms with van der Waals surface area (Å²) in [6.07, 6.45) is 6.00. The van der Waals surface area contributed by atoms with Crippen molar-refractivity contribution in [3.63, 3.8) is 0 Å². The Bertz CT molecular complexity index is 888. The molecule has 1 fully saturated rings. The Hall–Kier alpha value is -3.23. The van der Waals surface area contributed by atoms with Crippen LogP contribution < -0.4 is 10.2 Å². The van der Waals surface area contributed by atoms with E-state index >= 15 is 0 Å². The van der Waals surface area contributed by atoms with Crippen molar-refractivity contribution in [3.8, 4) is 0 Å². The largest absolute Gasteiger partial charge is 0.444 e. The molecule has 1 aliphatic rings. The van der Waals surface area contributed by atoms with Crippen LogP contribution >= 0.6 is 0 Å². The lowest BCUT2D eigenvalue weighted by atomic mass is 10.2. The standard InChI is InChI=1S/C20H26N6O3/c1-14-11-22-13-16(23-14)18(27)24-15-12-21-6-5-17(15)25-7-9-26(10-8-25)19(28)29-20(2,3)4/h5-6,11-13H,7-10H2,1-4H3,(H,24,27). The van der Waals surface area contributed by atoms with Crippen LogP contribution in [0.25, 0.3) is 0 Å². The number of amides is 2. The molecule has 0 atom stereocenters. The Morgan fingerprint density at radius 1 is 1.07 bits per heavy atom. The van der Waals surface area contributed by atoms with E-state index in [2.05, 4.69) is 25.2 Å². The number of nitrogens with zero attached hydrogens (tertiary/aromatic N) is 5. The fraction of sp³-hybridized carbons (Fsp3) is 0.450. The van der Waals surface area contributed by atoms with E-state index in [4.69, 9.17) is 4.74 Å². The number of piperazine rings is 1. The van der Waals surface area contributed by atoms with Gasteiger partial charge in [-0.1, -0.05) is 0 Å². The Morgan fingerprint density at radius 2 is 1.79 bits per heavy atom. The fourth-order valence-electron chi connectivity index (χ4n) is 2.97. The molecule has 0 unspecified atom stereocenters. The highest BCUT2D eigenvalue weighted by Gasteiger charge is 2.27. The summed E-state index contributed by atoms with van der Waals surface area (Å²) in [7, 11) is 0. The smallest absolute Gasteiger partial charge is 0.410 e. The van der Waals surface area contributed by atoms with Gasteiger partial charge in [0, 0.05) is 38.6 Å². The number of carbonyl (C=O) groups is 2. The van der Waals surface area contributed by atoms with E-state index in [9.17, 15) is 9.59 Å². The molecule has 2 aromatic heterocycles. The molecule has 0 saturated carbocycles. The lowest BCUT2D eigenvalue weighted by Gasteiger charge is -2.37. The first-order valence-corrected chi connectivity index (χ1v) is 9.50. The summed E-state index contributed by atoms with van der Waals surface area (Å²) < 4.78 is 5.44. The van der Waals surface area contributed by atoms with Crippen LogP contribution in [-0.2, 0) is 4.74 Å². The number of nitrogens with one attached hydrogen (secondary N) is 1. The van der Waals surface area contributed by atoms with Crippen molar-refractivity contribution < 1.29 is 14.3 Å². The highest BCUT2D eigenvalue weighted by atomic mass is 16.6. The van der Waals surface area contributed by atoms with Crippen LogP contribution in [0.15, 0.2) is 30.9 Å². The van der Waals surface area contributed by atoms with E-state index in [1.165, 1.54) is 6.20 Å². The lowest BCUT2D eigenvalue weighted by molar-refractivity contribution is 0.0240. The van der Waals surface area contributed by atoms with Crippen LogP contribution in [0.1, 0.15) is 37.0 Å². The van der Waals surface area contributed by atoms with Crippen LogP contribution in [0, 0.1) is 6.92 Å². The fourth-order valence-corrected chi connectivity index (χ4v) is 2.97. The zero-order chi connectivity index (χ0) is 21.0. The summed E-state index contributed by atoms with van der Waals surface area (Å²) in [5, 5.41) is 2.87.